The predicted octanol–water partition coefficient (Wildman–Crippen LogP) is 3.11. The Labute approximate surface area is 84.3 Å². The van der Waals surface area contributed by atoms with Crippen LogP contribution in [0.15, 0.2) is 22.8 Å². The van der Waals surface area contributed by atoms with Gasteiger partial charge in [0, 0.05) is 16.1 Å². The lowest BCUT2D eigenvalue weighted by molar-refractivity contribution is 1.41. The lowest BCUT2D eigenvalue weighted by Gasteiger charge is -1.98. The van der Waals surface area contributed by atoms with Crippen LogP contribution in [-0.2, 0) is 0 Å². The Hall–Kier alpha value is -1.27. The van der Waals surface area contributed by atoms with E-state index < -0.39 is 0 Å². The fourth-order valence-corrected chi connectivity index (χ4v) is 1.82. The van der Waals surface area contributed by atoms with Gasteiger partial charge in [-0.25, -0.2) is 0 Å². The topological polar surface area (TPSA) is 39.6 Å². The third-order valence-corrected chi connectivity index (χ3v) is 3.13. The molecule has 1 heterocycles. The van der Waals surface area contributed by atoms with Gasteiger partial charge in [0.2, 0.25) is 0 Å². The number of hydrogen-bond donors (Lipinski definition) is 1. The number of nitrogens with zero attached hydrogens (tertiary/aromatic N) is 1. The Balaban J connectivity index is 2.91. The monoisotopic (exact) mass is 234 g/mol. The number of nitrogens with one attached hydrogen (secondary N) is 1. The first kappa shape index (κ1) is 8.33. The van der Waals surface area contributed by atoms with E-state index in [1.165, 1.54) is 5.56 Å². The van der Waals surface area contributed by atoms with Gasteiger partial charge in [-0.05, 0) is 28.4 Å². The molecule has 0 radical (unpaired) electrons. The molecule has 0 aliphatic rings. The van der Waals surface area contributed by atoms with Crippen molar-refractivity contribution in [3.05, 3.63) is 33.9 Å². The van der Waals surface area contributed by atoms with Crippen molar-refractivity contribution >= 4 is 26.8 Å². The maximum absolute atomic E-state index is 8.80. The molecular weight excluding hydrogens is 228 g/mol. The molecule has 1 N–H and O–H groups in total. The normalized spacial score (nSPS) is 10.2. The first-order chi connectivity index (χ1) is 6.24. The number of rotatable bonds is 0. The van der Waals surface area contributed by atoms with Gasteiger partial charge in [0.05, 0.1) is 11.1 Å². The summed E-state index contributed by atoms with van der Waals surface area (Å²) in [5, 5.41) is 9.77. The molecule has 2 aromatic rings. The summed E-state index contributed by atoms with van der Waals surface area (Å²) in [5.74, 6) is 0. The molecular formula is C10H7BrN2. The number of H-pyrrole nitrogens is 1. The smallest absolute Gasteiger partial charge is 0.101 e. The van der Waals surface area contributed by atoms with Crippen molar-refractivity contribution < 1.29 is 0 Å². The van der Waals surface area contributed by atoms with Crippen molar-refractivity contribution in [3.63, 3.8) is 0 Å². The van der Waals surface area contributed by atoms with Crippen molar-refractivity contribution in [1.29, 1.82) is 5.26 Å². The second-order valence-corrected chi connectivity index (χ2v) is 3.73. The van der Waals surface area contributed by atoms with Gasteiger partial charge < -0.3 is 4.98 Å². The van der Waals surface area contributed by atoms with Crippen LogP contribution in [0.2, 0.25) is 0 Å². The second-order valence-electron chi connectivity index (χ2n) is 2.93. The van der Waals surface area contributed by atoms with Crippen LogP contribution < -0.4 is 0 Å². The zero-order valence-corrected chi connectivity index (χ0v) is 8.64. The number of hydrogen-bond acceptors (Lipinski definition) is 1. The van der Waals surface area contributed by atoms with E-state index in [1.54, 1.807) is 6.20 Å². The van der Waals surface area contributed by atoms with Crippen molar-refractivity contribution in [1.82, 2.24) is 4.98 Å². The lowest BCUT2D eigenvalue weighted by Crippen LogP contribution is -1.77. The summed E-state index contributed by atoms with van der Waals surface area (Å²) in [6, 6.07) is 6.11. The quantitative estimate of drug-likeness (QED) is 0.748. The van der Waals surface area contributed by atoms with Gasteiger partial charge in [-0.3, -0.25) is 0 Å². The minimum absolute atomic E-state index is 0.690. The number of halogens is 1. The van der Waals surface area contributed by atoms with Crippen molar-refractivity contribution in [3.8, 4) is 6.07 Å². The Kier molecular flexibility index (Phi) is 1.86. The standard InChI is InChI=1S/C10H7BrN2/c1-6-2-3-8-7(4-12)5-13-10(8)9(6)11/h2-3,5,13H,1H3. The molecule has 0 amide bonds. The molecule has 1 aromatic carbocycles. The van der Waals surface area contributed by atoms with E-state index in [2.05, 4.69) is 27.0 Å². The van der Waals surface area contributed by atoms with Gasteiger partial charge in [-0.15, -0.1) is 0 Å². The SMILES string of the molecule is Cc1ccc2c(C#N)c[nH]c2c1Br. The van der Waals surface area contributed by atoms with Crippen molar-refractivity contribution in [2.24, 2.45) is 0 Å². The molecule has 0 saturated carbocycles. The molecule has 0 unspecified atom stereocenters. The van der Waals surface area contributed by atoms with E-state index in [9.17, 15) is 0 Å². The van der Waals surface area contributed by atoms with E-state index in [4.69, 9.17) is 5.26 Å². The van der Waals surface area contributed by atoms with E-state index in [0.717, 1.165) is 15.4 Å². The lowest BCUT2D eigenvalue weighted by atomic mass is 10.1. The number of aromatic amines is 1. The van der Waals surface area contributed by atoms with E-state index in [1.807, 2.05) is 19.1 Å². The molecule has 3 heteroatoms. The molecule has 1 aromatic heterocycles. The Morgan fingerprint density at radius 1 is 1.46 bits per heavy atom. The number of nitriles is 1. The summed E-state index contributed by atoms with van der Waals surface area (Å²) < 4.78 is 1.03. The van der Waals surface area contributed by atoms with Crippen LogP contribution in [0.1, 0.15) is 11.1 Å². The molecule has 0 aliphatic carbocycles. The third-order valence-electron chi connectivity index (χ3n) is 2.11. The van der Waals surface area contributed by atoms with Crippen LogP contribution in [-0.4, -0.2) is 4.98 Å². The molecule has 0 bridgehead atoms. The summed E-state index contributed by atoms with van der Waals surface area (Å²) in [6.45, 7) is 2.02. The molecule has 13 heavy (non-hydrogen) atoms. The van der Waals surface area contributed by atoms with Crippen LogP contribution in [0.4, 0.5) is 0 Å². The van der Waals surface area contributed by atoms with Crippen LogP contribution >= 0.6 is 15.9 Å². The largest absolute Gasteiger partial charge is 0.359 e. The zero-order chi connectivity index (χ0) is 9.42. The number of benzene rings is 1. The fourth-order valence-electron chi connectivity index (χ4n) is 1.36. The van der Waals surface area contributed by atoms with Gasteiger partial charge >= 0.3 is 0 Å². The highest BCUT2D eigenvalue weighted by molar-refractivity contribution is 9.10. The maximum Gasteiger partial charge on any atom is 0.101 e. The molecule has 0 spiro atoms. The minimum Gasteiger partial charge on any atom is -0.359 e. The van der Waals surface area contributed by atoms with Crippen LogP contribution in [0.25, 0.3) is 10.9 Å². The average molecular weight is 235 g/mol. The average Bonchev–Trinajstić information content (AvgIpc) is 2.55. The molecule has 0 saturated heterocycles. The molecule has 2 rings (SSSR count). The number of aryl methyl sites for hydroxylation is 1. The number of fused-ring (bicyclic) bond motifs is 1. The third kappa shape index (κ3) is 1.14. The molecule has 0 fully saturated rings. The van der Waals surface area contributed by atoms with Crippen LogP contribution in [0.3, 0.4) is 0 Å². The summed E-state index contributed by atoms with van der Waals surface area (Å²) >= 11 is 3.48. The minimum atomic E-state index is 0.690. The molecule has 0 atom stereocenters. The van der Waals surface area contributed by atoms with Gasteiger partial charge in [0.1, 0.15) is 6.07 Å². The summed E-state index contributed by atoms with van der Waals surface area (Å²) in [4.78, 5) is 3.08. The van der Waals surface area contributed by atoms with Crippen molar-refractivity contribution in [2.75, 3.05) is 0 Å². The highest BCUT2D eigenvalue weighted by atomic mass is 79.9. The first-order valence-electron chi connectivity index (χ1n) is 3.90. The van der Waals surface area contributed by atoms with E-state index in [0.29, 0.717) is 5.56 Å². The van der Waals surface area contributed by atoms with Gasteiger partial charge in [0.15, 0.2) is 0 Å². The molecule has 0 aliphatic heterocycles. The van der Waals surface area contributed by atoms with Gasteiger partial charge in [-0.1, -0.05) is 12.1 Å². The Morgan fingerprint density at radius 3 is 2.92 bits per heavy atom. The van der Waals surface area contributed by atoms with Crippen LogP contribution in [0, 0.1) is 18.3 Å². The second kappa shape index (κ2) is 2.90. The highest BCUT2D eigenvalue weighted by Crippen LogP contribution is 2.28. The molecule has 64 valence electrons. The zero-order valence-electron chi connectivity index (χ0n) is 7.06. The summed E-state index contributed by atoms with van der Waals surface area (Å²) in [5.41, 5.74) is 2.85. The fraction of sp³-hybridized carbons (Fsp3) is 0.100. The van der Waals surface area contributed by atoms with E-state index >= 15 is 0 Å². The first-order valence-corrected chi connectivity index (χ1v) is 4.69. The Bertz CT molecular complexity index is 505. The summed E-state index contributed by atoms with van der Waals surface area (Å²) in [6.07, 6.45) is 1.73. The van der Waals surface area contributed by atoms with Crippen LogP contribution in [0.5, 0.6) is 0 Å². The predicted molar refractivity (Wildman–Crippen MR) is 55.5 cm³/mol. The number of aromatic nitrogens is 1. The van der Waals surface area contributed by atoms with Gasteiger partial charge in [0.25, 0.3) is 0 Å². The maximum atomic E-state index is 8.80. The van der Waals surface area contributed by atoms with Crippen molar-refractivity contribution in [2.45, 2.75) is 6.92 Å². The van der Waals surface area contributed by atoms with E-state index in [-0.39, 0.29) is 0 Å². The highest BCUT2D eigenvalue weighted by Gasteiger charge is 2.06. The molecule has 2 nitrogen and oxygen atoms in total. The van der Waals surface area contributed by atoms with Gasteiger partial charge in [-0.2, -0.15) is 5.26 Å². The summed E-state index contributed by atoms with van der Waals surface area (Å²) in [7, 11) is 0. The Morgan fingerprint density at radius 2 is 2.23 bits per heavy atom.